The molecule has 1 aliphatic rings. The molecule has 2 aromatic rings. The number of benzene rings is 1. The summed E-state index contributed by atoms with van der Waals surface area (Å²) in [6, 6.07) is 4.67. The highest BCUT2D eigenvalue weighted by Crippen LogP contribution is 2.36. The third-order valence-electron chi connectivity index (χ3n) is 2.86. The first kappa shape index (κ1) is 9.39. The number of H-pyrrole nitrogens is 1. The van der Waals surface area contributed by atoms with Crippen molar-refractivity contribution in [2.45, 2.75) is 12.3 Å². The second-order valence-corrected chi connectivity index (χ2v) is 3.85. The largest absolute Gasteiger partial charge is 0.493 e. The lowest BCUT2D eigenvalue weighted by Gasteiger charge is -2.24. The Bertz CT molecular complexity index is 496. The number of rotatable bonds is 1. The summed E-state index contributed by atoms with van der Waals surface area (Å²) in [6.07, 6.45) is 4.40. The fourth-order valence-corrected chi connectivity index (χ4v) is 2.12. The molecule has 0 spiro atoms. The monoisotopic (exact) mass is 218 g/mol. The fraction of sp³-hybridized carbons (Fsp3) is 0.250. The second-order valence-electron chi connectivity index (χ2n) is 3.85. The lowest BCUT2D eigenvalue weighted by atomic mass is 9.92. The van der Waals surface area contributed by atoms with E-state index in [4.69, 9.17) is 4.74 Å². The molecule has 16 heavy (non-hydrogen) atoms. The van der Waals surface area contributed by atoms with Gasteiger partial charge in [0.25, 0.3) is 0 Å². The molecular formula is C12H11FN2O. The molecule has 3 rings (SSSR count). The van der Waals surface area contributed by atoms with Crippen LogP contribution in [0.4, 0.5) is 4.39 Å². The fourth-order valence-electron chi connectivity index (χ4n) is 2.12. The highest BCUT2D eigenvalue weighted by Gasteiger charge is 2.24. The molecular weight excluding hydrogens is 207 g/mol. The highest BCUT2D eigenvalue weighted by atomic mass is 19.1. The number of ether oxygens (including phenoxy) is 1. The molecule has 0 fully saturated rings. The predicted molar refractivity (Wildman–Crippen MR) is 56.9 cm³/mol. The van der Waals surface area contributed by atoms with Crippen molar-refractivity contribution in [2.75, 3.05) is 6.61 Å². The minimum absolute atomic E-state index is 0.180. The third kappa shape index (κ3) is 1.46. The Balaban J connectivity index is 2.06. The van der Waals surface area contributed by atoms with Crippen LogP contribution in [0.3, 0.4) is 0 Å². The lowest BCUT2D eigenvalue weighted by Crippen LogP contribution is -2.16. The van der Waals surface area contributed by atoms with Gasteiger partial charge in [-0.3, -0.25) is 0 Å². The van der Waals surface area contributed by atoms with Gasteiger partial charge in [-0.1, -0.05) is 6.07 Å². The van der Waals surface area contributed by atoms with Gasteiger partial charge in [0.05, 0.1) is 6.61 Å². The summed E-state index contributed by atoms with van der Waals surface area (Å²) in [5.74, 6) is 1.46. The van der Waals surface area contributed by atoms with Gasteiger partial charge >= 0.3 is 0 Å². The number of aromatic amines is 1. The molecule has 1 aliphatic heterocycles. The van der Waals surface area contributed by atoms with Gasteiger partial charge in [0.1, 0.15) is 17.4 Å². The van der Waals surface area contributed by atoms with Crippen molar-refractivity contribution in [1.29, 1.82) is 0 Å². The van der Waals surface area contributed by atoms with Crippen LogP contribution in [0.2, 0.25) is 0 Å². The van der Waals surface area contributed by atoms with E-state index < -0.39 is 0 Å². The van der Waals surface area contributed by atoms with Crippen LogP contribution in [-0.2, 0) is 0 Å². The average molecular weight is 218 g/mol. The summed E-state index contributed by atoms with van der Waals surface area (Å²) < 4.78 is 18.5. The summed E-state index contributed by atoms with van der Waals surface area (Å²) in [5, 5.41) is 0. The minimum Gasteiger partial charge on any atom is -0.493 e. The number of nitrogens with one attached hydrogen (secondary N) is 1. The summed E-state index contributed by atoms with van der Waals surface area (Å²) in [6.45, 7) is 0.599. The maximum absolute atomic E-state index is 13.1. The Kier molecular flexibility index (Phi) is 2.13. The second kappa shape index (κ2) is 3.63. The number of hydrogen-bond donors (Lipinski definition) is 1. The van der Waals surface area contributed by atoms with Crippen molar-refractivity contribution >= 4 is 0 Å². The van der Waals surface area contributed by atoms with Crippen LogP contribution < -0.4 is 4.74 Å². The normalized spacial score (nSPS) is 18.9. The molecule has 0 saturated heterocycles. The highest BCUT2D eigenvalue weighted by molar-refractivity contribution is 5.41. The van der Waals surface area contributed by atoms with Gasteiger partial charge < -0.3 is 9.72 Å². The molecule has 0 bridgehead atoms. The van der Waals surface area contributed by atoms with Crippen LogP contribution >= 0.6 is 0 Å². The Morgan fingerprint density at radius 3 is 3.19 bits per heavy atom. The molecule has 0 amide bonds. The molecule has 0 saturated carbocycles. The van der Waals surface area contributed by atoms with Crippen molar-refractivity contribution in [3.05, 3.63) is 47.8 Å². The van der Waals surface area contributed by atoms with E-state index in [1.54, 1.807) is 18.5 Å². The molecule has 1 aromatic carbocycles. The first-order chi connectivity index (χ1) is 7.84. The molecule has 1 aromatic heterocycles. The smallest absolute Gasteiger partial charge is 0.126 e. The Labute approximate surface area is 92.3 Å². The Morgan fingerprint density at radius 1 is 1.44 bits per heavy atom. The zero-order valence-electron chi connectivity index (χ0n) is 8.61. The summed E-state index contributed by atoms with van der Waals surface area (Å²) in [7, 11) is 0. The molecule has 2 heterocycles. The molecule has 82 valence electrons. The van der Waals surface area contributed by atoms with Crippen molar-refractivity contribution in [3.63, 3.8) is 0 Å². The summed E-state index contributed by atoms with van der Waals surface area (Å²) >= 11 is 0. The van der Waals surface area contributed by atoms with Gasteiger partial charge in [-0.15, -0.1) is 0 Å². The Morgan fingerprint density at radius 2 is 2.38 bits per heavy atom. The van der Waals surface area contributed by atoms with Crippen molar-refractivity contribution < 1.29 is 9.13 Å². The molecule has 3 nitrogen and oxygen atoms in total. The standard InChI is InChI=1S/C12H11FN2O/c13-8-1-2-9-10(12-14-4-5-15-12)3-6-16-11(9)7-8/h1-2,4-5,7,10H,3,6H2,(H,14,15). The molecule has 1 atom stereocenters. The topological polar surface area (TPSA) is 37.9 Å². The molecule has 0 radical (unpaired) electrons. The van der Waals surface area contributed by atoms with E-state index in [9.17, 15) is 4.39 Å². The zero-order chi connectivity index (χ0) is 11.0. The zero-order valence-corrected chi connectivity index (χ0v) is 8.61. The van der Waals surface area contributed by atoms with Crippen LogP contribution in [0, 0.1) is 5.82 Å². The van der Waals surface area contributed by atoms with E-state index in [-0.39, 0.29) is 11.7 Å². The first-order valence-corrected chi connectivity index (χ1v) is 5.26. The molecule has 4 heteroatoms. The number of halogens is 1. The molecule has 0 aliphatic carbocycles. The number of imidazole rings is 1. The quantitative estimate of drug-likeness (QED) is 0.798. The minimum atomic E-state index is -0.265. The van der Waals surface area contributed by atoms with E-state index in [1.807, 2.05) is 0 Å². The third-order valence-corrected chi connectivity index (χ3v) is 2.86. The van der Waals surface area contributed by atoms with Crippen LogP contribution in [0.15, 0.2) is 30.6 Å². The van der Waals surface area contributed by atoms with Crippen LogP contribution in [0.25, 0.3) is 0 Å². The first-order valence-electron chi connectivity index (χ1n) is 5.26. The number of fused-ring (bicyclic) bond motifs is 1. The van der Waals surface area contributed by atoms with Crippen LogP contribution in [-0.4, -0.2) is 16.6 Å². The summed E-state index contributed by atoms with van der Waals surface area (Å²) in [4.78, 5) is 7.36. The maximum Gasteiger partial charge on any atom is 0.126 e. The predicted octanol–water partition coefficient (Wildman–Crippen LogP) is 2.46. The van der Waals surface area contributed by atoms with Gasteiger partial charge in [0.2, 0.25) is 0 Å². The van der Waals surface area contributed by atoms with Gasteiger partial charge in [-0.2, -0.15) is 0 Å². The van der Waals surface area contributed by atoms with Crippen molar-refractivity contribution in [2.24, 2.45) is 0 Å². The van der Waals surface area contributed by atoms with E-state index >= 15 is 0 Å². The van der Waals surface area contributed by atoms with Crippen molar-refractivity contribution in [1.82, 2.24) is 9.97 Å². The average Bonchev–Trinajstić information content (AvgIpc) is 2.81. The maximum atomic E-state index is 13.1. The van der Waals surface area contributed by atoms with Crippen LogP contribution in [0.5, 0.6) is 5.75 Å². The lowest BCUT2D eigenvalue weighted by molar-refractivity contribution is 0.273. The van der Waals surface area contributed by atoms with Gasteiger partial charge in [-0.05, 0) is 12.5 Å². The van der Waals surface area contributed by atoms with E-state index in [0.29, 0.717) is 12.4 Å². The van der Waals surface area contributed by atoms with Gasteiger partial charge in [0.15, 0.2) is 0 Å². The number of hydrogen-bond acceptors (Lipinski definition) is 2. The van der Waals surface area contributed by atoms with E-state index in [2.05, 4.69) is 9.97 Å². The van der Waals surface area contributed by atoms with Crippen molar-refractivity contribution in [3.8, 4) is 5.75 Å². The van der Waals surface area contributed by atoms with Gasteiger partial charge in [0, 0.05) is 29.9 Å². The molecule has 1 N–H and O–H groups in total. The van der Waals surface area contributed by atoms with Crippen LogP contribution in [0.1, 0.15) is 23.7 Å². The van der Waals surface area contributed by atoms with E-state index in [1.165, 1.54) is 12.1 Å². The molecule has 1 unspecified atom stereocenters. The number of aromatic nitrogens is 2. The van der Waals surface area contributed by atoms with Gasteiger partial charge in [-0.25, -0.2) is 9.37 Å². The summed E-state index contributed by atoms with van der Waals surface area (Å²) in [5.41, 5.74) is 1.00. The number of nitrogens with zero attached hydrogens (tertiary/aromatic N) is 1. The van der Waals surface area contributed by atoms with E-state index in [0.717, 1.165) is 17.8 Å². The Hall–Kier alpha value is -1.84. The SMILES string of the molecule is Fc1ccc2c(c1)OCCC2c1ncc[nH]1.